The van der Waals surface area contributed by atoms with Crippen molar-refractivity contribution in [3.63, 3.8) is 0 Å². The lowest BCUT2D eigenvalue weighted by molar-refractivity contribution is -0.141. The number of halogens is 4. The molecule has 0 aliphatic heterocycles. The van der Waals surface area contributed by atoms with Crippen LogP contribution in [0, 0.1) is 12.7 Å². The second kappa shape index (κ2) is 7.06. The Labute approximate surface area is 151 Å². The fraction of sp³-hybridized carbons (Fsp3) is 0.294. The van der Waals surface area contributed by atoms with Crippen molar-refractivity contribution in [1.29, 1.82) is 0 Å². The predicted molar refractivity (Wildman–Crippen MR) is 92.6 cm³/mol. The molecule has 4 nitrogen and oxygen atoms in total. The molecule has 2 heterocycles. The molecule has 1 N–H and O–H groups in total. The van der Waals surface area contributed by atoms with Crippen LogP contribution < -0.4 is 5.32 Å². The zero-order valence-electron chi connectivity index (χ0n) is 14.1. The average molecular weight is 384 g/mol. The van der Waals surface area contributed by atoms with Crippen LogP contribution in [0.5, 0.6) is 0 Å². The van der Waals surface area contributed by atoms with Gasteiger partial charge in [0.25, 0.3) is 0 Å². The van der Waals surface area contributed by atoms with E-state index in [0.717, 1.165) is 28.4 Å². The zero-order chi connectivity index (χ0) is 18.9. The third kappa shape index (κ3) is 3.87. The van der Waals surface area contributed by atoms with E-state index in [1.54, 1.807) is 6.07 Å². The fourth-order valence-electron chi connectivity index (χ4n) is 2.58. The van der Waals surface area contributed by atoms with Crippen LogP contribution in [-0.2, 0) is 19.6 Å². The summed E-state index contributed by atoms with van der Waals surface area (Å²) >= 11 is 1.39. The van der Waals surface area contributed by atoms with E-state index in [1.807, 2.05) is 12.3 Å². The molecule has 0 saturated carbocycles. The van der Waals surface area contributed by atoms with Crippen molar-refractivity contribution in [1.82, 2.24) is 14.2 Å². The van der Waals surface area contributed by atoms with Crippen molar-refractivity contribution in [3.8, 4) is 11.3 Å². The van der Waals surface area contributed by atoms with Gasteiger partial charge in [0, 0.05) is 30.2 Å². The SMILES string of the molecule is Cc1nscc1CCNc1ccc(-c2cc(C(F)(F)F)nn2C)c(F)c1. The first-order valence-corrected chi connectivity index (χ1v) is 8.64. The third-order valence-electron chi connectivity index (χ3n) is 3.99. The van der Waals surface area contributed by atoms with Gasteiger partial charge < -0.3 is 5.32 Å². The zero-order valence-corrected chi connectivity index (χ0v) is 14.9. The largest absolute Gasteiger partial charge is 0.435 e. The van der Waals surface area contributed by atoms with Crippen LogP contribution >= 0.6 is 11.5 Å². The van der Waals surface area contributed by atoms with Gasteiger partial charge in [-0.2, -0.15) is 22.6 Å². The summed E-state index contributed by atoms with van der Waals surface area (Å²) in [5.74, 6) is -0.611. The predicted octanol–water partition coefficient (Wildman–Crippen LogP) is 4.66. The maximum atomic E-state index is 14.4. The van der Waals surface area contributed by atoms with Gasteiger partial charge in [-0.1, -0.05) is 0 Å². The summed E-state index contributed by atoms with van der Waals surface area (Å²) in [6.07, 6.45) is -3.81. The molecule has 3 aromatic rings. The van der Waals surface area contributed by atoms with Gasteiger partial charge in [0.1, 0.15) is 5.82 Å². The fourth-order valence-corrected chi connectivity index (χ4v) is 3.33. The van der Waals surface area contributed by atoms with Gasteiger partial charge in [-0.3, -0.25) is 4.68 Å². The van der Waals surface area contributed by atoms with Gasteiger partial charge in [-0.25, -0.2) is 4.39 Å². The van der Waals surface area contributed by atoms with Gasteiger partial charge in [0.05, 0.1) is 11.4 Å². The lowest BCUT2D eigenvalue weighted by Crippen LogP contribution is -2.06. The van der Waals surface area contributed by atoms with E-state index in [0.29, 0.717) is 12.2 Å². The Kier molecular flexibility index (Phi) is 4.99. The summed E-state index contributed by atoms with van der Waals surface area (Å²) in [4.78, 5) is 0. The number of hydrogen-bond acceptors (Lipinski definition) is 4. The van der Waals surface area contributed by atoms with Gasteiger partial charge in [-0.15, -0.1) is 0 Å². The minimum absolute atomic E-state index is 0.0685. The first-order valence-electron chi connectivity index (χ1n) is 7.80. The highest BCUT2D eigenvalue weighted by atomic mass is 32.1. The van der Waals surface area contributed by atoms with Crippen molar-refractivity contribution >= 4 is 17.2 Å². The molecule has 0 fully saturated rings. The summed E-state index contributed by atoms with van der Waals surface area (Å²) in [5.41, 5.74) is 1.77. The molecular weight excluding hydrogens is 368 g/mol. The molecule has 9 heteroatoms. The minimum atomic E-state index is -4.57. The molecule has 1 aromatic carbocycles. The average Bonchev–Trinajstić information content (AvgIpc) is 3.14. The summed E-state index contributed by atoms with van der Waals surface area (Å²) in [6, 6.07) is 5.20. The first-order chi connectivity index (χ1) is 12.3. The number of hydrogen-bond donors (Lipinski definition) is 1. The highest BCUT2D eigenvalue weighted by Gasteiger charge is 2.34. The molecule has 0 amide bonds. The number of anilines is 1. The van der Waals surface area contributed by atoms with Crippen molar-refractivity contribution in [2.75, 3.05) is 11.9 Å². The summed E-state index contributed by atoms with van der Waals surface area (Å²) in [7, 11) is 1.35. The lowest BCUT2D eigenvalue weighted by Gasteiger charge is -2.09. The van der Waals surface area contributed by atoms with E-state index in [9.17, 15) is 17.6 Å². The van der Waals surface area contributed by atoms with Crippen LogP contribution in [0.1, 0.15) is 17.0 Å². The number of aromatic nitrogens is 3. The maximum Gasteiger partial charge on any atom is 0.435 e. The highest BCUT2D eigenvalue weighted by Crippen LogP contribution is 2.32. The van der Waals surface area contributed by atoms with Crippen molar-refractivity contribution in [3.05, 3.63) is 52.4 Å². The summed E-state index contributed by atoms with van der Waals surface area (Å²) in [5, 5.41) is 8.49. The Morgan fingerprint density at radius 3 is 2.58 bits per heavy atom. The quantitative estimate of drug-likeness (QED) is 0.651. The molecule has 0 radical (unpaired) electrons. The second-order valence-corrected chi connectivity index (χ2v) is 6.46. The molecule has 3 rings (SSSR count). The van der Waals surface area contributed by atoms with E-state index in [2.05, 4.69) is 14.8 Å². The molecule has 0 unspecified atom stereocenters. The molecule has 0 aliphatic carbocycles. The Bertz CT molecular complexity index is 914. The smallest absolute Gasteiger partial charge is 0.385 e. The van der Waals surface area contributed by atoms with Crippen LogP contribution in [0.15, 0.2) is 29.6 Å². The Morgan fingerprint density at radius 2 is 2.00 bits per heavy atom. The number of benzene rings is 1. The molecule has 2 aromatic heterocycles. The monoisotopic (exact) mass is 384 g/mol. The number of nitrogens with one attached hydrogen (secondary N) is 1. The topological polar surface area (TPSA) is 42.7 Å². The van der Waals surface area contributed by atoms with Crippen LogP contribution in [0.4, 0.5) is 23.2 Å². The number of nitrogens with zero attached hydrogens (tertiary/aromatic N) is 3. The number of alkyl halides is 3. The number of aryl methyl sites for hydroxylation is 2. The number of rotatable bonds is 5. The first kappa shape index (κ1) is 18.4. The molecule has 138 valence electrons. The highest BCUT2D eigenvalue weighted by molar-refractivity contribution is 7.03. The lowest BCUT2D eigenvalue weighted by atomic mass is 10.1. The van der Waals surface area contributed by atoms with Crippen molar-refractivity contribution in [2.45, 2.75) is 19.5 Å². The molecule has 0 bridgehead atoms. The van der Waals surface area contributed by atoms with Crippen LogP contribution in [-0.4, -0.2) is 20.7 Å². The van der Waals surface area contributed by atoms with Gasteiger partial charge >= 0.3 is 6.18 Å². The molecule has 26 heavy (non-hydrogen) atoms. The van der Waals surface area contributed by atoms with E-state index >= 15 is 0 Å². The third-order valence-corrected chi connectivity index (χ3v) is 4.76. The molecule has 0 atom stereocenters. The molecule has 0 saturated heterocycles. The van der Waals surface area contributed by atoms with Crippen LogP contribution in [0.25, 0.3) is 11.3 Å². The van der Waals surface area contributed by atoms with E-state index < -0.39 is 17.7 Å². The van der Waals surface area contributed by atoms with Gasteiger partial charge in [0.2, 0.25) is 0 Å². The van der Waals surface area contributed by atoms with Crippen molar-refractivity contribution < 1.29 is 17.6 Å². The summed E-state index contributed by atoms with van der Waals surface area (Å²) in [6.45, 7) is 2.53. The van der Waals surface area contributed by atoms with E-state index in [4.69, 9.17) is 0 Å². The molecule has 0 aliphatic rings. The normalized spacial score (nSPS) is 11.8. The summed E-state index contributed by atoms with van der Waals surface area (Å²) < 4.78 is 57.9. The minimum Gasteiger partial charge on any atom is -0.385 e. The van der Waals surface area contributed by atoms with Crippen LogP contribution in [0.3, 0.4) is 0 Å². The van der Waals surface area contributed by atoms with E-state index in [-0.39, 0.29) is 11.3 Å². The van der Waals surface area contributed by atoms with Crippen LogP contribution in [0.2, 0.25) is 0 Å². The van der Waals surface area contributed by atoms with Crippen molar-refractivity contribution in [2.24, 2.45) is 7.05 Å². The van der Waals surface area contributed by atoms with Gasteiger partial charge in [0.15, 0.2) is 5.69 Å². The molecule has 0 spiro atoms. The van der Waals surface area contributed by atoms with Gasteiger partial charge in [-0.05, 0) is 54.7 Å². The maximum absolute atomic E-state index is 14.4. The van der Waals surface area contributed by atoms with E-state index in [1.165, 1.54) is 30.7 Å². The Hall–Kier alpha value is -2.42. The standard InChI is InChI=1S/C17H16F4N4S/c1-10-11(9-26-24-10)5-6-22-12-3-4-13(14(18)7-12)15-8-16(17(19,20)21)23-25(15)2/h3-4,7-9,22H,5-6H2,1-2H3. The Morgan fingerprint density at radius 1 is 1.23 bits per heavy atom. The second-order valence-electron chi connectivity index (χ2n) is 5.83. The molecular formula is C17H16F4N4S. The Balaban J connectivity index is 1.74.